The lowest BCUT2D eigenvalue weighted by Crippen LogP contribution is -1.62. The first kappa shape index (κ1) is 6.69. The van der Waals surface area contributed by atoms with Crippen molar-refractivity contribution >= 4 is 12.6 Å². The van der Waals surface area contributed by atoms with Gasteiger partial charge in [-0.1, -0.05) is 29.9 Å². The van der Waals surface area contributed by atoms with Gasteiger partial charge in [0.15, 0.2) is 0 Å². The van der Waals surface area contributed by atoms with Crippen LogP contribution in [0.25, 0.3) is 0 Å². The normalized spacial score (nSPS) is 18.4. The SMILES string of the molecule is CC1=CC=C(S)CC=C1. The Balaban J connectivity index is 2.80. The van der Waals surface area contributed by atoms with E-state index in [9.17, 15) is 0 Å². The van der Waals surface area contributed by atoms with Crippen LogP contribution in [0, 0.1) is 0 Å². The van der Waals surface area contributed by atoms with Gasteiger partial charge in [-0.05, 0) is 18.2 Å². The number of rotatable bonds is 0. The average molecular weight is 138 g/mol. The summed E-state index contributed by atoms with van der Waals surface area (Å²) >= 11 is 4.24. The van der Waals surface area contributed by atoms with Crippen molar-refractivity contribution in [3.05, 3.63) is 34.8 Å². The van der Waals surface area contributed by atoms with E-state index < -0.39 is 0 Å². The molecule has 48 valence electrons. The number of hydrogen-bond acceptors (Lipinski definition) is 1. The molecule has 0 heterocycles. The minimum absolute atomic E-state index is 0.969. The molecule has 0 aromatic heterocycles. The number of hydrogen-bond donors (Lipinski definition) is 1. The second kappa shape index (κ2) is 2.92. The molecule has 0 aromatic rings. The summed E-state index contributed by atoms with van der Waals surface area (Å²) in [5.74, 6) is 0. The third kappa shape index (κ3) is 2.10. The molecule has 0 radical (unpaired) electrons. The fourth-order valence-electron chi connectivity index (χ4n) is 0.717. The van der Waals surface area contributed by atoms with Crippen LogP contribution < -0.4 is 0 Å². The predicted octanol–water partition coefficient (Wildman–Crippen LogP) is 2.71. The average Bonchev–Trinajstić information content (AvgIpc) is 1.97. The van der Waals surface area contributed by atoms with Crippen molar-refractivity contribution in [2.75, 3.05) is 0 Å². The molecule has 0 spiro atoms. The minimum Gasteiger partial charge on any atom is -0.148 e. The van der Waals surface area contributed by atoms with Crippen molar-refractivity contribution in [3.63, 3.8) is 0 Å². The summed E-state index contributed by atoms with van der Waals surface area (Å²) in [6.07, 6.45) is 9.32. The van der Waals surface area contributed by atoms with Crippen LogP contribution in [-0.4, -0.2) is 0 Å². The lowest BCUT2D eigenvalue weighted by molar-refractivity contribution is 1.37. The van der Waals surface area contributed by atoms with Crippen molar-refractivity contribution in [1.82, 2.24) is 0 Å². The molecule has 1 heteroatoms. The molecule has 1 aliphatic rings. The van der Waals surface area contributed by atoms with Gasteiger partial charge in [0.25, 0.3) is 0 Å². The van der Waals surface area contributed by atoms with Crippen molar-refractivity contribution in [3.8, 4) is 0 Å². The monoisotopic (exact) mass is 138 g/mol. The van der Waals surface area contributed by atoms with Crippen molar-refractivity contribution in [2.24, 2.45) is 0 Å². The van der Waals surface area contributed by atoms with Crippen molar-refractivity contribution < 1.29 is 0 Å². The van der Waals surface area contributed by atoms with Gasteiger partial charge in [-0.25, -0.2) is 0 Å². The molecule has 0 aromatic carbocycles. The van der Waals surface area contributed by atoms with Crippen LogP contribution >= 0.6 is 12.6 Å². The largest absolute Gasteiger partial charge is 0.148 e. The Morgan fingerprint density at radius 2 is 2.22 bits per heavy atom. The molecule has 1 rings (SSSR count). The molecule has 0 aliphatic heterocycles. The van der Waals surface area contributed by atoms with E-state index in [2.05, 4.69) is 37.8 Å². The molecule has 0 atom stereocenters. The Morgan fingerprint density at radius 1 is 1.44 bits per heavy atom. The summed E-state index contributed by atoms with van der Waals surface area (Å²) in [4.78, 5) is 1.13. The van der Waals surface area contributed by atoms with Gasteiger partial charge in [0.1, 0.15) is 0 Å². The summed E-state index contributed by atoms with van der Waals surface area (Å²) in [6, 6.07) is 0. The zero-order valence-electron chi connectivity index (χ0n) is 5.46. The van der Waals surface area contributed by atoms with E-state index in [1.807, 2.05) is 6.08 Å². The Hall–Kier alpha value is -0.430. The highest BCUT2D eigenvalue weighted by molar-refractivity contribution is 7.84. The van der Waals surface area contributed by atoms with Gasteiger partial charge in [-0.3, -0.25) is 0 Å². The maximum Gasteiger partial charge on any atom is -0.00366 e. The number of allylic oxidation sites excluding steroid dienone is 6. The molecule has 0 nitrogen and oxygen atoms in total. The smallest absolute Gasteiger partial charge is 0.00366 e. The zero-order valence-corrected chi connectivity index (χ0v) is 6.36. The molecule has 9 heavy (non-hydrogen) atoms. The third-order valence-electron chi connectivity index (χ3n) is 1.25. The Kier molecular flexibility index (Phi) is 2.17. The molecule has 0 saturated carbocycles. The second-order valence-electron chi connectivity index (χ2n) is 2.18. The summed E-state index contributed by atoms with van der Waals surface area (Å²) < 4.78 is 0. The highest BCUT2D eigenvalue weighted by Crippen LogP contribution is 2.12. The van der Waals surface area contributed by atoms with Crippen molar-refractivity contribution in [2.45, 2.75) is 13.3 Å². The van der Waals surface area contributed by atoms with Crippen LogP contribution in [0.15, 0.2) is 34.8 Å². The standard InChI is InChI=1S/C8H10S/c1-7-3-2-4-8(9)6-5-7/h2-3,5-6,9H,4H2,1H3. The summed E-state index contributed by atoms with van der Waals surface area (Å²) in [6.45, 7) is 2.08. The Bertz CT molecular complexity index is 185. The Labute approximate surface area is 61.4 Å². The van der Waals surface area contributed by atoms with Crippen LogP contribution in [0.4, 0.5) is 0 Å². The highest BCUT2D eigenvalue weighted by atomic mass is 32.1. The molecule has 0 saturated heterocycles. The zero-order chi connectivity index (χ0) is 6.69. The van der Waals surface area contributed by atoms with Crippen LogP contribution in [0.2, 0.25) is 0 Å². The third-order valence-corrected chi connectivity index (χ3v) is 1.58. The van der Waals surface area contributed by atoms with Gasteiger partial charge in [-0.15, -0.1) is 12.6 Å². The van der Waals surface area contributed by atoms with Gasteiger partial charge in [0.05, 0.1) is 0 Å². The summed E-state index contributed by atoms with van der Waals surface area (Å²) in [5.41, 5.74) is 1.29. The van der Waals surface area contributed by atoms with E-state index in [4.69, 9.17) is 0 Å². The fourth-order valence-corrected chi connectivity index (χ4v) is 0.897. The maximum atomic E-state index is 4.24. The van der Waals surface area contributed by atoms with E-state index in [0.29, 0.717) is 0 Å². The van der Waals surface area contributed by atoms with Crippen LogP contribution in [0.5, 0.6) is 0 Å². The van der Waals surface area contributed by atoms with Crippen LogP contribution in [0.1, 0.15) is 13.3 Å². The van der Waals surface area contributed by atoms with Gasteiger partial charge in [0.2, 0.25) is 0 Å². The molecule has 0 unspecified atom stereocenters. The van der Waals surface area contributed by atoms with Crippen molar-refractivity contribution in [1.29, 1.82) is 0 Å². The second-order valence-corrected chi connectivity index (χ2v) is 2.75. The first-order chi connectivity index (χ1) is 4.29. The molecule has 0 fully saturated rings. The highest BCUT2D eigenvalue weighted by Gasteiger charge is 1.89. The molecular weight excluding hydrogens is 128 g/mol. The van der Waals surface area contributed by atoms with Gasteiger partial charge >= 0.3 is 0 Å². The molecule has 0 bridgehead atoms. The van der Waals surface area contributed by atoms with E-state index in [1.54, 1.807) is 0 Å². The lowest BCUT2D eigenvalue weighted by Gasteiger charge is -1.85. The lowest BCUT2D eigenvalue weighted by atomic mass is 10.3. The molecule has 0 N–H and O–H groups in total. The molecule has 1 aliphatic carbocycles. The minimum atomic E-state index is 0.969. The summed E-state index contributed by atoms with van der Waals surface area (Å²) in [5, 5.41) is 0. The van der Waals surface area contributed by atoms with Gasteiger partial charge in [-0.2, -0.15) is 0 Å². The van der Waals surface area contributed by atoms with E-state index in [0.717, 1.165) is 11.3 Å². The predicted molar refractivity (Wildman–Crippen MR) is 44.6 cm³/mol. The molecular formula is C8H10S. The van der Waals surface area contributed by atoms with E-state index in [-0.39, 0.29) is 0 Å². The maximum absolute atomic E-state index is 4.24. The topological polar surface area (TPSA) is 0 Å². The van der Waals surface area contributed by atoms with Gasteiger partial charge in [0, 0.05) is 0 Å². The van der Waals surface area contributed by atoms with Crippen LogP contribution in [0.3, 0.4) is 0 Å². The van der Waals surface area contributed by atoms with Gasteiger partial charge < -0.3 is 0 Å². The summed E-state index contributed by atoms with van der Waals surface area (Å²) in [7, 11) is 0. The molecule has 0 amide bonds. The first-order valence-electron chi connectivity index (χ1n) is 3.02. The Morgan fingerprint density at radius 3 is 3.00 bits per heavy atom. The fraction of sp³-hybridized carbons (Fsp3) is 0.250. The van der Waals surface area contributed by atoms with E-state index >= 15 is 0 Å². The van der Waals surface area contributed by atoms with E-state index in [1.165, 1.54) is 5.57 Å². The quantitative estimate of drug-likeness (QED) is 0.489. The van der Waals surface area contributed by atoms with Crippen LogP contribution in [-0.2, 0) is 0 Å². The number of thiol groups is 1. The first-order valence-corrected chi connectivity index (χ1v) is 3.47.